The summed E-state index contributed by atoms with van der Waals surface area (Å²) in [6.07, 6.45) is 0.990. The topological polar surface area (TPSA) is 64.3 Å². The number of carbonyl (C=O) groups excluding carboxylic acids is 1. The molecule has 0 radical (unpaired) electrons. The quantitative estimate of drug-likeness (QED) is 0.773. The lowest BCUT2D eigenvalue weighted by Gasteiger charge is -2.32. The van der Waals surface area contributed by atoms with Gasteiger partial charge in [-0.1, -0.05) is 13.8 Å². The first kappa shape index (κ1) is 14.9. The fourth-order valence-corrected chi connectivity index (χ4v) is 1.78. The van der Waals surface area contributed by atoms with Crippen LogP contribution in [-0.4, -0.2) is 35.1 Å². The predicted molar refractivity (Wildman–Crippen MR) is 62.6 cm³/mol. The van der Waals surface area contributed by atoms with Crippen molar-refractivity contribution in [3.05, 3.63) is 0 Å². The highest BCUT2D eigenvalue weighted by Crippen LogP contribution is 2.28. The Balaban J connectivity index is 4.85. The molecular weight excluding hydrogens is 204 g/mol. The van der Waals surface area contributed by atoms with E-state index < -0.39 is 11.0 Å². The van der Waals surface area contributed by atoms with Gasteiger partial charge >= 0.3 is 0 Å². The third kappa shape index (κ3) is 3.49. The van der Waals surface area contributed by atoms with E-state index in [9.17, 15) is 9.90 Å². The van der Waals surface area contributed by atoms with Crippen molar-refractivity contribution < 1.29 is 9.90 Å². The molecule has 0 aromatic carbocycles. The molecule has 0 rings (SSSR count). The molecule has 0 saturated heterocycles. The highest BCUT2D eigenvalue weighted by atomic mass is 16.3. The lowest BCUT2D eigenvalue weighted by molar-refractivity contribution is -0.140. The second-order valence-corrected chi connectivity index (χ2v) is 4.87. The van der Waals surface area contributed by atoms with Crippen LogP contribution < -0.4 is 0 Å². The van der Waals surface area contributed by atoms with E-state index in [1.165, 1.54) is 4.90 Å². The molecule has 0 aromatic heterocycles. The van der Waals surface area contributed by atoms with Gasteiger partial charge in [-0.25, -0.2) is 0 Å². The minimum Gasteiger partial charge on any atom is -0.389 e. The molecule has 0 aliphatic rings. The molecule has 0 fully saturated rings. The van der Waals surface area contributed by atoms with Crippen molar-refractivity contribution in [1.29, 1.82) is 5.26 Å². The van der Waals surface area contributed by atoms with Gasteiger partial charge in [0, 0.05) is 13.6 Å². The molecule has 0 aromatic rings. The Hall–Kier alpha value is -1.08. The first-order chi connectivity index (χ1) is 7.22. The summed E-state index contributed by atoms with van der Waals surface area (Å²) < 4.78 is 0. The lowest BCUT2D eigenvalue weighted by atomic mass is 9.82. The van der Waals surface area contributed by atoms with Crippen molar-refractivity contribution in [3.8, 4) is 6.07 Å². The van der Waals surface area contributed by atoms with Gasteiger partial charge in [-0.05, 0) is 26.7 Å². The Morgan fingerprint density at radius 1 is 1.38 bits per heavy atom. The number of amides is 1. The summed E-state index contributed by atoms with van der Waals surface area (Å²) in [6.45, 7) is 7.19. The maximum atomic E-state index is 12.1. The van der Waals surface area contributed by atoms with Gasteiger partial charge in [0.2, 0.25) is 5.91 Å². The van der Waals surface area contributed by atoms with E-state index in [2.05, 4.69) is 6.07 Å². The van der Waals surface area contributed by atoms with Crippen LogP contribution >= 0.6 is 0 Å². The molecule has 0 aliphatic carbocycles. The second kappa shape index (κ2) is 5.31. The van der Waals surface area contributed by atoms with Gasteiger partial charge in [0.05, 0.1) is 11.7 Å². The highest BCUT2D eigenvalue weighted by molar-refractivity contribution is 5.85. The molecule has 0 bridgehead atoms. The Morgan fingerprint density at radius 3 is 2.06 bits per heavy atom. The van der Waals surface area contributed by atoms with Crippen LogP contribution in [0.5, 0.6) is 0 Å². The highest BCUT2D eigenvalue weighted by Gasteiger charge is 2.38. The molecule has 16 heavy (non-hydrogen) atoms. The summed E-state index contributed by atoms with van der Waals surface area (Å²) in [4.78, 5) is 13.6. The Labute approximate surface area is 97.9 Å². The summed E-state index contributed by atoms with van der Waals surface area (Å²) >= 11 is 0. The smallest absolute Gasteiger partial charge is 0.242 e. The first-order valence-electron chi connectivity index (χ1n) is 5.61. The van der Waals surface area contributed by atoms with Gasteiger partial charge in [-0.3, -0.25) is 4.79 Å². The second-order valence-electron chi connectivity index (χ2n) is 4.87. The van der Waals surface area contributed by atoms with Crippen molar-refractivity contribution in [2.24, 2.45) is 5.41 Å². The zero-order valence-corrected chi connectivity index (χ0v) is 10.9. The standard InChI is InChI=1S/C12H22N2O2/c1-6-12(7-2,8-13)10(15)14(5)9-11(3,4)16/h16H,6-7,9H2,1-5H3. The molecular formula is C12H22N2O2. The van der Waals surface area contributed by atoms with Gasteiger partial charge in [-0.2, -0.15) is 5.26 Å². The van der Waals surface area contributed by atoms with Crippen LogP contribution in [0.15, 0.2) is 0 Å². The Kier molecular flexibility index (Phi) is 4.95. The minimum atomic E-state index is -0.944. The first-order valence-corrected chi connectivity index (χ1v) is 5.61. The molecule has 1 amide bonds. The zero-order chi connectivity index (χ0) is 13.0. The molecule has 92 valence electrons. The van der Waals surface area contributed by atoms with E-state index in [1.54, 1.807) is 20.9 Å². The predicted octanol–water partition coefficient (Wildman–Crippen LogP) is 1.55. The summed E-state index contributed by atoms with van der Waals surface area (Å²) in [6, 6.07) is 2.11. The monoisotopic (exact) mass is 226 g/mol. The number of carbonyl (C=O) groups is 1. The van der Waals surface area contributed by atoms with Crippen LogP contribution in [0.1, 0.15) is 40.5 Å². The van der Waals surface area contributed by atoms with Crippen LogP contribution in [0.2, 0.25) is 0 Å². The fraction of sp³-hybridized carbons (Fsp3) is 0.833. The van der Waals surface area contributed by atoms with Crippen molar-refractivity contribution in [1.82, 2.24) is 4.90 Å². The number of rotatable bonds is 5. The Bertz CT molecular complexity index is 282. The number of nitrogens with zero attached hydrogens (tertiary/aromatic N) is 2. The molecule has 0 atom stereocenters. The van der Waals surface area contributed by atoms with Crippen LogP contribution in [0.4, 0.5) is 0 Å². The Morgan fingerprint density at radius 2 is 1.81 bits per heavy atom. The van der Waals surface area contributed by atoms with Gasteiger partial charge in [0.15, 0.2) is 0 Å². The van der Waals surface area contributed by atoms with Gasteiger partial charge in [-0.15, -0.1) is 0 Å². The summed E-state index contributed by atoms with van der Waals surface area (Å²) in [5.74, 6) is -0.206. The maximum Gasteiger partial charge on any atom is 0.242 e. The fourth-order valence-electron chi connectivity index (χ4n) is 1.78. The summed E-state index contributed by atoms with van der Waals surface area (Å²) in [5, 5.41) is 18.8. The van der Waals surface area contributed by atoms with E-state index in [1.807, 2.05) is 13.8 Å². The van der Waals surface area contributed by atoms with E-state index in [-0.39, 0.29) is 12.5 Å². The lowest BCUT2D eigenvalue weighted by Crippen LogP contribution is -2.46. The van der Waals surface area contributed by atoms with E-state index >= 15 is 0 Å². The summed E-state index contributed by atoms with van der Waals surface area (Å²) in [7, 11) is 1.62. The number of hydrogen-bond donors (Lipinski definition) is 1. The van der Waals surface area contributed by atoms with Gasteiger partial charge < -0.3 is 10.0 Å². The molecule has 0 aliphatic heterocycles. The molecule has 0 saturated carbocycles. The molecule has 0 spiro atoms. The normalized spacial score (nSPS) is 12.1. The number of aliphatic hydroxyl groups is 1. The van der Waals surface area contributed by atoms with Gasteiger partial charge in [0.25, 0.3) is 0 Å². The molecule has 0 unspecified atom stereocenters. The van der Waals surface area contributed by atoms with E-state index in [4.69, 9.17) is 5.26 Å². The van der Waals surface area contributed by atoms with Gasteiger partial charge in [0.1, 0.15) is 5.41 Å². The largest absolute Gasteiger partial charge is 0.389 e. The van der Waals surface area contributed by atoms with Crippen LogP contribution in [0.25, 0.3) is 0 Å². The maximum absolute atomic E-state index is 12.1. The van der Waals surface area contributed by atoms with Crippen molar-refractivity contribution in [3.63, 3.8) is 0 Å². The minimum absolute atomic E-state index is 0.206. The number of nitriles is 1. The van der Waals surface area contributed by atoms with Crippen LogP contribution in [0, 0.1) is 16.7 Å². The average Bonchev–Trinajstić information content (AvgIpc) is 2.18. The van der Waals surface area contributed by atoms with Crippen LogP contribution in [0.3, 0.4) is 0 Å². The third-order valence-corrected chi connectivity index (χ3v) is 2.80. The third-order valence-electron chi connectivity index (χ3n) is 2.80. The average molecular weight is 226 g/mol. The molecule has 1 N–H and O–H groups in total. The number of hydrogen-bond acceptors (Lipinski definition) is 3. The molecule has 4 nitrogen and oxygen atoms in total. The van der Waals surface area contributed by atoms with Crippen molar-refractivity contribution in [2.45, 2.75) is 46.1 Å². The van der Waals surface area contributed by atoms with E-state index in [0.29, 0.717) is 12.8 Å². The SMILES string of the molecule is CCC(C#N)(CC)C(=O)N(C)CC(C)(C)O. The van der Waals surface area contributed by atoms with E-state index in [0.717, 1.165) is 0 Å². The zero-order valence-electron chi connectivity index (χ0n) is 10.9. The molecule has 0 heterocycles. The van der Waals surface area contributed by atoms with Crippen molar-refractivity contribution in [2.75, 3.05) is 13.6 Å². The van der Waals surface area contributed by atoms with Crippen LogP contribution in [-0.2, 0) is 4.79 Å². The molecule has 4 heteroatoms. The van der Waals surface area contributed by atoms with Crippen molar-refractivity contribution >= 4 is 5.91 Å². The summed E-state index contributed by atoms with van der Waals surface area (Å²) in [5.41, 5.74) is -1.88. The number of likely N-dealkylation sites (N-methyl/N-ethyl adjacent to an activating group) is 1.